The molecule has 0 heterocycles. The Hall–Kier alpha value is -1.42. The molecule has 1 rings (SSSR count). The van der Waals surface area contributed by atoms with Crippen molar-refractivity contribution in [2.45, 2.75) is 12.8 Å². The molecule has 0 saturated carbocycles. The van der Waals surface area contributed by atoms with Crippen LogP contribution in [0.2, 0.25) is 0 Å². The lowest BCUT2D eigenvalue weighted by atomic mass is 10.1. The predicted molar refractivity (Wildman–Crippen MR) is 45.3 cm³/mol. The molecule has 0 aromatic heterocycles. The van der Waals surface area contributed by atoms with Crippen LogP contribution in [-0.2, 0) is 6.42 Å². The van der Waals surface area contributed by atoms with E-state index in [0.29, 0.717) is 12.2 Å². The van der Waals surface area contributed by atoms with E-state index < -0.39 is 0 Å². The van der Waals surface area contributed by atoms with Gasteiger partial charge in [0, 0.05) is 6.42 Å². The van der Waals surface area contributed by atoms with E-state index >= 15 is 0 Å². The van der Waals surface area contributed by atoms with Gasteiger partial charge in [0.05, 0.1) is 0 Å². The van der Waals surface area contributed by atoms with Gasteiger partial charge in [0.15, 0.2) is 0 Å². The topological polar surface area (TPSA) is 20.2 Å². The van der Waals surface area contributed by atoms with E-state index in [-0.39, 0.29) is 0 Å². The molecule has 0 spiro atoms. The molecule has 0 amide bonds. The summed E-state index contributed by atoms with van der Waals surface area (Å²) in [5.41, 5.74) is 0.922. The first-order valence-corrected chi connectivity index (χ1v) is 3.55. The molecule has 0 atom stereocenters. The van der Waals surface area contributed by atoms with E-state index in [1.54, 1.807) is 12.1 Å². The average Bonchev–Trinajstić information content (AvgIpc) is 2.03. The van der Waals surface area contributed by atoms with Crippen molar-refractivity contribution in [3.05, 3.63) is 29.8 Å². The summed E-state index contributed by atoms with van der Waals surface area (Å²) >= 11 is 0. The monoisotopic (exact) mass is 146 g/mol. The lowest BCUT2D eigenvalue weighted by Crippen LogP contribution is -1.82. The summed E-state index contributed by atoms with van der Waals surface area (Å²) in [6, 6.07) is 7.25. The van der Waals surface area contributed by atoms with E-state index in [1.165, 1.54) is 0 Å². The van der Waals surface area contributed by atoms with Crippen LogP contribution >= 0.6 is 0 Å². The molecular weight excluding hydrogens is 136 g/mol. The highest BCUT2D eigenvalue weighted by Crippen LogP contribution is 2.16. The maximum atomic E-state index is 9.27. The number of hydrogen-bond acceptors (Lipinski definition) is 1. The van der Waals surface area contributed by atoms with E-state index in [1.807, 2.05) is 12.1 Å². The van der Waals surface area contributed by atoms with Crippen LogP contribution in [0.15, 0.2) is 24.3 Å². The quantitative estimate of drug-likeness (QED) is 0.632. The van der Waals surface area contributed by atoms with Crippen molar-refractivity contribution in [2.24, 2.45) is 0 Å². The Morgan fingerprint density at radius 1 is 1.36 bits per heavy atom. The van der Waals surface area contributed by atoms with Gasteiger partial charge in [-0.1, -0.05) is 18.2 Å². The number of benzene rings is 1. The Morgan fingerprint density at radius 2 is 2.09 bits per heavy atom. The van der Waals surface area contributed by atoms with Gasteiger partial charge in [-0.25, -0.2) is 0 Å². The first kappa shape index (κ1) is 7.68. The van der Waals surface area contributed by atoms with Crippen LogP contribution in [0, 0.1) is 12.3 Å². The van der Waals surface area contributed by atoms with Gasteiger partial charge in [-0.15, -0.1) is 12.3 Å². The van der Waals surface area contributed by atoms with Crippen molar-refractivity contribution in [3.8, 4) is 18.1 Å². The number of terminal acetylenes is 1. The Balaban J connectivity index is 2.71. The molecule has 0 radical (unpaired) electrons. The summed E-state index contributed by atoms with van der Waals surface area (Å²) in [7, 11) is 0. The maximum Gasteiger partial charge on any atom is 0.118 e. The smallest absolute Gasteiger partial charge is 0.118 e. The molecule has 0 aliphatic rings. The van der Waals surface area contributed by atoms with Gasteiger partial charge in [0.25, 0.3) is 0 Å². The zero-order chi connectivity index (χ0) is 8.10. The van der Waals surface area contributed by atoms with Crippen molar-refractivity contribution in [3.63, 3.8) is 0 Å². The third kappa shape index (κ3) is 2.01. The van der Waals surface area contributed by atoms with E-state index in [2.05, 4.69) is 5.92 Å². The molecule has 0 saturated heterocycles. The molecule has 0 aliphatic carbocycles. The summed E-state index contributed by atoms with van der Waals surface area (Å²) < 4.78 is 0. The van der Waals surface area contributed by atoms with Gasteiger partial charge in [-0.05, 0) is 18.1 Å². The van der Waals surface area contributed by atoms with E-state index in [4.69, 9.17) is 6.42 Å². The molecule has 1 nitrogen and oxygen atoms in total. The molecule has 0 aliphatic heterocycles. The highest BCUT2D eigenvalue weighted by molar-refractivity contribution is 5.32. The number of phenols is 1. The summed E-state index contributed by atoms with van der Waals surface area (Å²) in [4.78, 5) is 0. The Kier molecular flexibility index (Phi) is 2.57. The van der Waals surface area contributed by atoms with Gasteiger partial charge >= 0.3 is 0 Å². The second-order valence-electron chi connectivity index (χ2n) is 2.33. The standard InChI is InChI=1S/C10H10O/c1-2-3-6-9-7-4-5-8-10(9)11/h1,4-5,7-8,11H,3,6H2. The molecule has 0 unspecified atom stereocenters. The second-order valence-corrected chi connectivity index (χ2v) is 2.33. The minimum Gasteiger partial charge on any atom is -0.508 e. The van der Waals surface area contributed by atoms with Crippen LogP contribution in [0.3, 0.4) is 0 Å². The fraction of sp³-hybridized carbons (Fsp3) is 0.200. The molecule has 0 bridgehead atoms. The molecule has 0 fully saturated rings. The average molecular weight is 146 g/mol. The fourth-order valence-corrected chi connectivity index (χ4v) is 0.929. The van der Waals surface area contributed by atoms with Gasteiger partial charge in [0.2, 0.25) is 0 Å². The first-order chi connectivity index (χ1) is 5.34. The minimum absolute atomic E-state index is 0.336. The van der Waals surface area contributed by atoms with Gasteiger partial charge in [0.1, 0.15) is 5.75 Å². The van der Waals surface area contributed by atoms with Gasteiger partial charge < -0.3 is 5.11 Å². The lowest BCUT2D eigenvalue weighted by molar-refractivity contribution is 0.468. The summed E-state index contributed by atoms with van der Waals surface area (Å²) in [5.74, 6) is 2.87. The van der Waals surface area contributed by atoms with Crippen LogP contribution in [0.25, 0.3) is 0 Å². The van der Waals surface area contributed by atoms with Crippen molar-refractivity contribution in [1.82, 2.24) is 0 Å². The number of aromatic hydroxyl groups is 1. The fourth-order valence-electron chi connectivity index (χ4n) is 0.929. The molecular formula is C10H10O. The lowest BCUT2D eigenvalue weighted by Gasteiger charge is -1.99. The van der Waals surface area contributed by atoms with Crippen molar-refractivity contribution in [2.75, 3.05) is 0 Å². The van der Waals surface area contributed by atoms with E-state index in [9.17, 15) is 5.11 Å². The Bertz CT molecular complexity index is 270. The van der Waals surface area contributed by atoms with Crippen LogP contribution in [0.4, 0.5) is 0 Å². The largest absolute Gasteiger partial charge is 0.508 e. The summed E-state index contributed by atoms with van der Waals surface area (Å²) in [6.45, 7) is 0. The molecule has 1 aromatic rings. The van der Waals surface area contributed by atoms with Crippen molar-refractivity contribution in [1.29, 1.82) is 0 Å². The molecule has 1 N–H and O–H groups in total. The third-order valence-electron chi connectivity index (χ3n) is 1.53. The zero-order valence-electron chi connectivity index (χ0n) is 6.25. The number of rotatable bonds is 2. The molecule has 1 heteroatoms. The van der Waals surface area contributed by atoms with Gasteiger partial charge in [-0.2, -0.15) is 0 Å². The number of phenolic OH excluding ortho intramolecular Hbond substituents is 1. The van der Waals surface area contributed by atoms with Crippen molar-refractivity contribution < 1.29 is 5.11 Å². The van der Waals surface area contributed by atoms with Crippen LogP contribution in [-0.4, -0.2) is 5.11 Å². The first-order valence-electron chi connectivity index (χ1n) is 3.55. The number of hydrogen-bond donors (Lipinski definition) is 1. The predicted octanol–water partition coefficient (Wildman–Crippen LogP) is 1.96. The second kappa shape index (κ2) is 3.68. The van der Waals surface area contributed by atoms with Crippen LogP contribution in [0.1, 0.15) is 12.0 Å². The van der Waals surface area contributed by atoms with Gasteiger partial charge in [-0.3, -0.25) is 0 Å². The highest BCUT2D eigenvalue weighted by Gasteiger charge is 1.96. The normalized spacial score (nSPS) is 9.00. The van der Waals surface area contributed by atoms with Crippen LogP contribution in [0.5, 0.6) is 5.75 Å². The minimum atomic E-state index is 0.336. The SMILES string of the molecule is C#CCCc1ccccc1O. The summed E-state index contributed by atoms with van der Waals surface area (Å²) in [6.07, 6.45) is 6.53. The summed E-state index contributed by atoms with van der Waals surface area (Å²) in [5, 5.41) is 9.27. The Morgan fingerprint density at radius 3 is 2.73 bits per heavy atom. The van der Waals surface area contributed by atoms with E-state index in [0.717, 1.165) is 12.0 Å². The number of para-hydroxylation sites is 1. The third-order valence-corrected chi connectivity index (χ3v) is 1.53. The zero-order valence-corrected chi connectivity index (χ0v) is 6.25. The Labute approximate surface area is 66.7 Å². The van der Waals surface area contributed by atoms with Crippen molar-refractivity contribution >= 4 is 0 Å². The highest BCUT2D eigenvalue weighted by atomic mass is 16.3. The molecule has 1 aromatic carbocycles. The maximum absolute atomic E-state index is 9.27. The van der Waals surface area contributed by atoms with Crippen LogP contribution < -0.4 is 0 Å². The molecule has 56 valence electrons. The molecule has 11 heavy (non-hydrogen) atoms. The number of aryl methyl sites for hydroxylation is 1.